The molecule has 2 rings (SSSR count). The van der Waals surface area contributed by atoms with Gasteiger partial charge in [0.15, 0.2) is 0 Å². The zero-order valence-corrected chi connectivity index (χ0v) is 10.4. The lowest BCUT2D eigenvalue weighted by molar-refractivity contribution is 0.397. The van der Waals surface area contributed by atoms with Crippen molar-refractivity contribution in [2.75, 3.05) is 12.4 Å². The molecule has 1 N–H and O–H groups in total. The second-order valence-corrected chi connectivity index (χ2v) is 3.95. The molecule has 2 aromatic rings. The van der Waals surface area contributed by atoms with Crippen molar-refractivity contribution in [1.29, 1.82) is 0 Å². The third-order valence-electron chi connectivity index (χ3n) is 2.31. The largest absolute Gasteiger partial charge is 0.481 e. The Labute approximate surface area is 109 Å². The highest BCUT2D eigenvalue weighted by Crippen LogP contribution is 2.17. The maximum Gasteiger partial charge on any atom is 0.218 e. The second kappa shape index (κ2) is 5.64. The van der Waals surface area contributed by atoms with Crippen molar-refractivity contribution in [3.8, 4) is 5.88 Å². The Morgan fingerprint density at radius 1 is 1.33 bits per heavy atom. The summed E-state index contributed by atoms with van der Waals surface area (Å²) in [7, 11) is 1.53. The number of anilines is 1. The van der Waals surface area contributed by atoms with E-state index in [-0.39, 0.29) is 5.02 Å². The monoisotopic (exact) mass is 267 g/mol. The second-order valence-electron chi connectivity index (χ2n) is 3.55. The molecule has 18 heavy (non-hydrogen) atoms. The molecular weight excluding hydrogens is 257 g/mol. The van der Waals surface area contributed by atoms with Crippen molar-refractivity contribution in [3.05, 3.63) is 47.0 Å². The average Bonchev–Trinajstić information content (AvgIpc) is 2.40. The number of methoxy groups -OCH3 is 1. The zero-order chi connectivity index (χ0) is 13.0. The lowest BCUT2D eigenvalue weighted by Crippen LogP contribution is -2.02. The Morgan fingerprint density at radius 3 is 2.89 bits per heavy atom. The minimum Gasteiger partial charge on any atom is -0.481 e. The van der Waals surface area contributed by atoms with E-state index in [9.17, 15) is 4.39 Å². The van der Waals surface area contributed by atoms with Crippen LogP contribution in [0.4, 0.5) is 10.2 Å². The molecule has 0 saturated heterocycles. The number of hydrogen-bond donors (Lipinski definition) is 1. The number of ether oxygens (including phenoxy) is 1. The average molecular weight is 268 g/mol. The fraction of sp³-hybridized carbons (Fsp3) is 0.167. The maximum atomic E-state index is 13.0. The van der Waals surface area contributed by atoms with Crippen LogP contribution in [0.5, 0.6) is 5.88 Å². The van der Waals surface area contributed by atoms with Gasteiger partial charge in [-0.3, -0.25) is 0 Å². The van der Waals surface area contributed by atoms with Gasteiger partial charge in [-0.05, 0) is 17.7 Å². The number of benzene rings is 1. The van der Waals surface area contributed by atoms with Gasteiger partial charge in [0.2, 0.25) is 5.88 Å². The van der Waals surface area contributed by atoms with Crippen molar-refractivity contribution in [2.45, 2.75) is 6.54 Å². The molecule has 1 aromatic carbocycles. The van der Waals surface area contributed by atoms with Crippen LogP contribution < -0.4 is 10.1 Å². The SMILES string of the molecule is COc1cc(NCc2ccc(F)c(Cl)c2)ncn1. The van der Waals surface area contributed by atoms with Gasteiger partial charge in [-0.25, -0.2) is 14.4 Å². The number of rotatable bonds is 4. The summed E-state index contributed by atoms with van der Waals surface area (Å²) in [6, 6.07) is 6.24. The summed E-state index contributed by atoms with van der Waals surface area (Å²) >= 11 is 5.69. The van der Waals surface area contributed by atoms with Gasteiger partial charge in [-0.2, -0.15) is 0 Å². The number of nitrogens with zero attached hydrogens (tertiary/aromatic N) is 2. The van der Waals surface area contributed by atoms with Crippen molar-refractivity contribution in [1.82, 2.24) is 9.97 Å². The molecule has 0 aliphatic heterocycles. The summed E-state index contributed by atoms with van der Waals surface area (Å²) in [5.41, 5.74) is 0.860. The van der Waals surface area contributed by atoms with E-state index in [4.69, 9.17) is 16.3 Å². The van der Waals surface area contributed by atoms with Crippen LogP contribution in [-0.4, -0.2) is 17.1 Å². The van der Waals surface area contributed by atoms with E-state index in [0.717, 1.165) is 5.56 Å². The maximum absolute atomic E-state index is 13.0. The molecule has 0 saturated carbocycles. The highest BCUT2D eigenvalue weighted by Gasteiger charge is 2.02. The molecule has 0 radical (unpaired) electrons. The Balaban J connectivity index is 2.04. The van der Waals surface area contributed by atoms with E-state index in [1.165, 1.54) is 19.5 Å². The zero-order valence-electron chi connectivity index (χ0n) is 9.65. The van der Waals surface area contributed by atoms with Crippen LogP contribution in [0.1, 0.15) is 5.56 Å². The fourth-order valence-corrected chi connectivity index (χ4v) is 1.59. The van der Waals surface area contributed by atoms with Gasteiger partial charge in [0.25, 0.3) is 0 Å². The Bertz CT molecular complexity index is 551. The van der Waals surface area contributed by atoms with Crippen molar-refractivity contribution in [2.24, 2.45) is 0 Å². The molecular formula is C12H11ClFN3O. The first-order valence-corrected chi connectivity index (χ1v) is 5.60. The van der Waals surface area contributed by atoms with E-state index >= 15 is 0 Å². The molecule has 0 aliphatic rings. The van der Waals surface area contributed by atoms with Gasteiger partial charge >= 0.3 is 0 Å². The molecule has 6 heteroatoms. The van der Waals surface area contributed by atoms with E-state index in [1.54, 1.807) is 18.2 Å². The van der Waals surface area contributed by atoms with Gasteiger partial charge in [0.1, 0.15) is 18.0 Å². The molecule has 0 unspecified atom stereocenters. The number of nitrogens with one attached hydrogen (secondary N) is 1. The van der Waals surface area contributed by atoms with E-state index in [0.29, 0.717) is 18.2 Å². The Morgan fingerprint density at radius 2 is 2.17 bits per heavy atom. The predicted octanol–water partition coefficient (Wildman–Crippen LogP) is 2.89. The minimum absolute atomic E-state index is 0.106. The third-order valence-corrected chi connectivity index (χ3v) is 2.60. The predicted molar refractivity (Wildman–Crippen MR) is 67.3 cm³/mol. The quantitative estimate of drug-likeness (QED) is 0.925. The lowest BCUT2D eigenvalue weighted by atomic mass is 10.2. The summed E-state index contributed by atoms with van der Waals surface area (Å²) in [4.78, 5) is 7.93. The third kappa shape index (κ3) is 3.07. The van der Waals surface area contributed by atoms with Crippen molar-refractivity contribution < 1.29 is 9.13 Å². The topological polar surface area (TPSA) is 47.0 Å². The first-order chi connectivity index (χ1) is 8.69. The summed E-state index contributed by atoms with van der Waals surface area (Å²) in [6.07, 6.45) is 1.40. The smallest absolute Gasteiger partial charge is 0.218 e. The van der Waals surface area contributed by atoms with E-state index in [2.05, 4.69) is 15.3 Å². The minimum atomic E-state index is -0.427. The molecule has 94 valence electrons. The van der Waals surface area contributed by atoms with Crippen LogP contribution in [0, 0.1) is 5.82 Å². The van der Waals surface area contributed by atoms with Gasteiger partial charge in [-0.1, -0.05) is 17.7 Å². The van der Waals surface area contributed by atoms with Gasteiger partial charge in [-0.15, -0.1) is 0 Å². The van der Waals surface area contributed by atoms with Crippen LogP contribution in [0.3, 0.4) is 0 Å². The summed E-state index contributed by atoms with van der Waals surface area (Å²) in [5, 5.41) is 3.18. The van der Waals surface area contributed by atoms with E-state index < -0.39 is 5.82 Å². The first-order valence-electron chi connectivity index (χ1n) is 5.23. The van der Waals surface area contributed by atoms with Crippen LogP contribution in [0.25, 0.3) is 0 Å². The van der Waals surface area contributed by atoms with Gasteiger partial charge in [0.05, 0.1) is 12.1 Å². The summed E-state index contributed by atoms with van der Waals surface area (Å²) in [6.45, 7) is 0.486. The Kier molecular flexibility index (Phi) is 3.94. The van der Waals surface area contributed by atoms with Crippen molar-refractivity contribution >= 4 is 17.4 Å². The van der Waals surface area contributed by atoms with Crippen molar-refractivity contribution in [3.63, 3.8) is 0 Å². The molecule has 0 spiro atoms. The van der Waals surface area contributed by atoms with Crippen LogP contribution in [0.2, 0.25) is 5.02 Å². The summed E-state index contributed by atoms with van der Waals surface area (Å²) in [5.74, 6) is 0.677. The molecule has 1 heterocycles. The molecule has 0 aliphatic carbocycles. The van der Waals surface area contributed by atoms with Gasteiger partial charge in [0, 0.05) is 12.6 Å². The first kappa shape index (κ1) is 12.6. The highest BCUT2D eigenvalue weighted by atomic mass is 35.5. The number of hydrogen-bond acceptors (Lipinski definition) is 4. The van der Waals surface area contributed by atoms with Crippen LogP contribution in [0.15, 0.2) is 30.6 Å². The van der Waals surface area contributed by atoms with Crippen LogP contribution in [-0.2, 0) is 6.54 Å². The molecule has 0 amide bonds. The molecule has 0 fully saturated rings. The summed E-state index contributed by atoms with van der Waals surface area (Å²) < 4.78 is 18.0. The number of halogens is 2. The van der Waals surface area contributed by atoms with E-state index in [1.807, 2.05) is 0 Å². The molecule has 4 nitrogen and oxygen atoms in total. The highest BCUT2D eigenvalue weighted by molar-refractivity contribution is 6.30. The van der Waals surface area contributed by atoms with Gasteiger partial charge < -0.3 is 10.1 Å². The molecule has 1 aromatic heterocycles. The van der Waals surface area contributed by atoms with Crippen LogP contribution >= 0.6 is 11.6 Å². The standard InChI is InChI=1S/C12H11ClFN3O/c1-18-12-5-11(16-7-17-12)15-6-8-2-3-10(14)9(13)4-8/h2-5,7H,6H2,1H3,(H,15,16,17). The fourth-order valence-electron chi connectivity index (χ4n) is 1.39. The normalized spacial score (nSPS) is 10.2. The number of aromatic nitrogens is 2. The Hall–Kier alpha value is -1.88. The lowest BCUT2D eigenvalue weighted by Gasteiger charge is -2.07. The molecule has 0 atom stereocenters. The molecule has 0 bridgehead atoms.